The number of nitrogens with one attached hydrogen (secondary N) is 1. The number of anilines is 1. The van der Waals surface area contributed by atoms with Crippen molar-refractivity contribution in [2.75, 3.05) is 17.2 Å². The Labute approximate surface area is 140 Å². The average Bonchev–Trinajstić information content (AvgIpc) is 2.30. The lowest BCUT2D eigenvalue weighted by atomic mass is 10.2. The van der Waals surface area contributed by atoms with Gasteiger partial charge in [0, 0.05) is 20.7 Å². The first kappa shape index (κ1) is 17.2. The van der Waals surface area contributed by atoms with E-state index in [1.54, 1.807) is 0 Å². The van der Waals surface area contributed by atoms with Crippen LogP contribution in [-0.4, -0.2) is 34.4 Å². The summed E-state index contributed by atoms with van der Waals surface area (Å²) in [5, 5.41) is 0. The van der Waals surface area contributed by atoms with Crippen LogP contribution in [0, 0.1) is 0 Å². The van der Waals surface area contributed by atoms with Crippen LogP contribution >= 0.6 is 31.9 Å². The van der Waals surface area contributed by atoms with E-state index in [0.29, 0.717) is 14.6 Å². The van der Waals surface area contributed by atoms with Crippen LogP contribution in [0.25, 0.3) is 0 Å². The van der Waals surface area contributed by atoms with Crippen molar-refractivity contribution >= 4 is 57.4 Å². The number of rotatable bonds is 3. The van der Waals surface area contributed by atoms with Gasteiger partial charge in [-0.05, 0) is 56.8 Å². The highest BCUT2D eigenvalue weighted by molar-refractivity contribution is 9.11. The molecule has 0 aliphatic carbocycles. The first-order valence-corrected chi connectivity index (χ1v) is 11.0. The van der Waals surface area contributed by atoms with Gasteiger partial charge in [0.25, 0.3) is 0 Å². The summed E-state index contributed by atoms with van der Waals surface area (Å²) in [7, 11) is -6.80. The van der Waals surface area contributed by atoms with Gasteiger partial charge >= 0.3 is 0 Å². The Kier molecular flexibility index (Phi) is 5.04. The van der Waals surface area contributed by atoms with Gasteiger partial charge in [0.15, 0.2) is 0 Å². The largest absolute Gasteiger partial charge is 0.399 e. The van der Waals surface area contributed by atoms with Crippen molar-refractivity contribution in [2.24, 2.45) is 0 Å². The lowest BCUT2D eigenvalue weighted by Crippen LogP contribution is -2.41. The number of halogens is 2. The summed E-state index contributed by atoms with van der Waals surface area (Å²) in [4.78, 5) is 0.0603. The van der Waals surface area contributed by atoms with Crippen molar-refractivity contribution in [1.29, 1.82) is 0 Å². The van der Waals surface area contributed by atoms with E-state index >= 15 is 0 Å². The molecule has 6 nitrogen and oxygen atoms in total. The zero-order valence-electron chi connectivity index (χ0n) is 10.8. The zero-order valence-corrected chi connectivity index (χ0v) is 15.6. The quantitative estimate of drug-likeness (QED) is 0.665. The van der Waals surface area contributed by atoms with Crippen molar-refractivity contribution < 1.29 is 16.8 Å². The van der Waals surface area contributed by atoms with Crippen LogP contribution in [0.2, 0.25) is 0 Å². The van der Waals surface area contributed by atoms with E-state index in [1.165, 1.54) is 12.1 Å². The highest BCUT2D eigenvalue weighted by Gasteiger charge is 2.29. The van der Waals surface area contributed by atoms with E-state index in [0.717, 1.165) is 0 Å². The van der Waals surface area contributed by atoms with Gasteiger partial charge in [-0.3, -0.25) is 0 Å². The molecule has 0 unspecified atom stereocenters. The number of benzene rings is 1. The van der Waals surface area contributed by atoms with Crippen molar-refractivity contribution in [3.05, 3.63) is 21.1 Å². The van der Waals surface area contributed by atoms with E-state index in [2.05, 4.69) is 36.6 Å². The lowest BCUT2D eigenvalue weighted by molar-refractivity contribution is 0.505. The maximum atomic E-state index is 12.5. The van der Waals surface area contributed by atoms with Gasteiger partial charge in [0.05, 0.1) is 11.5 Å². The van der Waals surface area contributed by atoms with Gasteiger partial charge in [0.1, 0.15) is 14.7 Å². The number of sulfone groups is 1. The third kappa shape index (κ3) is 4.19. The van der Waals surface area contributed by atoms with Crippen LogP contribution in [0.4, 0.5) is 5.69 Å². The van der Waals surface area contributed by atoms with E-state index in [-0.39, 0.29) is 35.3 Å². The van der Waals surface area contributed by atoms with E-state index in [1.807, 2.05) is 0 Å². The molecule has 0 atom stereocenters. The number of sulfonamides is 1. The Morgan fingerprint density at radius 3 is 2.10 bits per heavy atom. The Balaban J connectivity index is 2.24. The van der Waals surface area contributed by atoms with Crippen LogP contribution in [0.15, 0.2) is 26.0 Å². The Hall–Kier alpha value is -0.160. The van der Waals surface area contributed by atoms with Crippen molar-refractivity contribution in [3.8, 4) is 0 Å². The number of hydrogen-bond donors (Lipinski definition) is 2. The first-order chi connectivity index (χ1) is 9.61. The van der Waals surface area contributed by atoms with E-state index in [9.17, 15) is 16.8 Å². The fraction of sp³-hybridized carbons (Fsp3) is 0.455. The van der Waals surface area contributed by atoms with Crippen LogP contribution in [0.5, 0.6) is 0 Å². The third-order valence-corrected chi connectivity index (χ3v) is 8.28. The normalized spacial score (nSPS) is 19.5. The molecule has 0 bridgehead atoms. The van der Waals surface area contributed by atoms with Gasteiger partial charge < -0.3 is 5.73 Å². The summed E-state index contributed by atoms with van der Waals surface area (Å²) in [6.07, 6.45) is 0.567. The molecular formula is C11H14Br2N2O4S2. The summed E-state index contributed by atoms with van der Waals surface area (Å²) < 4.78 is 50.9. The highest BCUT2D eigenvalue weighted by atomic mass is 79.9. The molecule has 0 spiro atoms. The van der Waals surface area contributed by atoms with Crippen molar-refractivity contribution in [3.63, 3.8) is 0 Å². The minimum Gasteiger partial charge on any atom is -0.399 e. The second-order valence-corrected chi connectivity index (χ2v) is 10.5. The molecule has 21 heavy (non-hydrogen) atoms. The molecule has 3 N–H and O–H groups in total. The third-order valence-electron chi connectivity index (χ3n) is 3.17. The molecule has 0 aromatic heterocycles. The average molecular weight is 462 g/mol. The highest BCUT2D eigenvalue weighted by Crippen LogP contribution is 2.32. The minimum atomic E-state index is -3.77. The van der Waals surface area contributed by atoms with E-state index < -0.39 is 19.9 Å². The monoisotopic (exact) mass is 460 g/mol. The molecule has 1 saturated heterocycles. The fourth-order valence-electron chi connectivity index (χ4n) is 2.12. The van der Waals surface area contributed by atoms with Crippen LogP contribution < -0.4 is 10.5 Å². The molecule has 0 radical (unpaired) electrons. The maximum Gasteiger partial charge on any atom is 0.243 e. The van der Waals surface area contributed by atoms with Crippen molar-refractivity contribution in [1.82, 2.24) is 4.72 Å². The Morgan fingerprint density at radius 1 is 1.14 bits per heavy atom. The maximum absolute atomic E-state index is 12.5. The minimum absolute atomic E-state index is 0.00423. The summed E-state index contributed by atoms with van der Waals surface area (Å²) in [5.74, 6) is 0.00846. The Bertz CT molecular complexity index is 725. The topological polar surface area (TPSA) is 106 Å². The standard InChI is InChI=1S/C11H14Br2N2O4S2/c12-9-5-7(14)6-10(13)11(9)21(18,19)15-8-1-3-20(16,17)4-2-8/h5-6,8,15H,1-4,14H2. The van der Waals surface area contributed by atoms with Crippen LogP contribution in [-0.2, 0) is 19.9 Å². The molecule has 10 heteroatoms. The lowest BCUT2D eigenvalue weighted by Gasteiger charge is -2.23. The smallest absolute Gasteiger partial charge is 0.243 e. The fourth-order valence-corrected chi connectivity index (χ4v) is 7.54. The molecule has 1 fully saturated rings. The molecule has 1 heterocycles. The van der Waals surface area contributed by atoms with E-state index in [4.69, 9.17) is 5.73 Å². The molecular weight excluding hydrogens is 448 g/mol. The second-order valence-electron chi connectivity index (χ2n) is 4.86. The SMILES string of the molecule is Nc1cc(Br)c(S(=O)(=O)NC2CCS(=O)(=O)CC2)c(Br)c1. The predicted octanol–water partition coefficient (Wildman–Crippen LogP) is 1.65. The number of nitrogens with two attached hydrogens (primary N) is 1. The number of nitrogen functional groups attached to an aromatic ring is 1. The molecule has 118 valence electrons. The molecule has 0 amide bonds. The first-order valence-electron chi connectivity index (χ1n) is 6.08. The molecule has 2 rings (SSSR count). The van der Waals surface area contributed by atoms with Gasteiger partial charge in [-0.2, -0.15) is 0 Å². The van der Waals surface area contributed by atoms with Gasteiger partial charge in [-0.25, -0.2) is 21.6 Å². The molecule has 1 aliphatic heterocycles. The second kappa shape index (κ2) is 6.15. The summed E-state index contributed by atoms with van der Waals surface area (Å²) in [5.41, 5.74) is 6.07. The molecule has 1 aromatic carbocycles. The summed E-state index contributed by atoms with van der Waals surface area (Å²) in [6.45, 7) is 0. The van der Waals surface area contributed by atoms with Crippen molar-refractivity contribution in [2.45, 2.75) is 23.8 Å². The van der Waals surface area contributed by atoms with Gasteiger partial charge in [-0.1, -0.05) is 0 Å². The van der Waals surface area contributed by atoms with Gasteiger partial charge in [-0.15, -0.1) is 0 Å². The molecule has 1 aromatic rings. The van der Waals surface area contributed by atoms with Crippen LogP contribution in [0.3, 0.4) is 0 Å². The number of hydrogen-bond acceptors (Lipinski definition) is 5. The predicted molar refractivity (Wildman–Crippen MR) is 88.3 cm³/mol. The van der Waals surface area contributed by atoms with Crippen LogP contribution in [0.1, 0.15) is 12.8 Å². The van der Waals surface area contributed by atoms with Gasteiger partial charge in [0.2, 0.25) is 10.0 Å². The Morgan fingerprint density at radius 2 is 1.62 bits per heavy atom. The zero-order chi connectivity index (χ0) is 15.8. The molecule has 1 aliphatic rings. The molecule has 0 saturated carbocycles. The summed E-state index contributed by atoms with van der Waals surface area (Å²) >= 11 is 6.38. The summed E-state index contributed by atoms with van der Waals surface area (Å²) in [6, 6.07) is 2.63.